The fourth-order valence-corrected chi connectivity index (χ4v) is 2.75. The monoisotopic (exact) mass is 248 g/mol. The predicted molar refractivity (Wildman–Crippen MR) is 75.9 cm³/mol. The molecular weight excluding hydrogens is 224 g/mol. The minimum absolute atomic E-state index is 0.0572. The first-order valence-electron chi connectivity index (χ1n) is 6.73. The van der Waals surface area contributed by atoms with E-state index in [1.807, 2.05) is 7.05 Å². The summed E-state index contributed by atoms with van der Waals surface area (Å²) < 4.78 is 0. The van der Waals surface area contributed by atoms with Gasteiger partial charge in [0.25, 0.3) is 0 Å². The Morgan fingerprint density at radius 1 is 1.39 bits per heavy atom. The zero-order valence-electron chi connectivity index (χ0n) is 11.6. The Balaban J connectivity index is 2.06. The van der Waals surface area contributed by atoms with Crippen molar-refractivity contribution in [3.8, 4) is 0 Å². The number of aliphatic hydroxyl groups excluding tert-OH is 1. The van der Waals surface area contributed by atoms with Gasteiger partial charge in [0, 0.05) is 25.8 Å². The highest BCUT2D eigenvalue weighted by Gasteiger charge is 2.28. The first-order chi connectivity index (χ1) is 8.60. The Morgan fingerprint density at radius 3 is 2.72 bits per heavy atom. The van der Waals surface area contributed by atoms with E-state index in [0.717, 1.165) is 25.9 Å². The number of anilines is 1. The largest absolute Gasteiger partial charge is 0.393 e. The molecule has 0 saturated heterocycles. The molecule has 0 aromatic heterocycles. The standard InChI is InChI=1S/C15H24N2O/c1-11-4-5-15(13(6-11)9-16-2)17(3)10-12-7-14(18)8-12/h4-6,12,14,16,18H,7-10H2,1-3H3. The van der Waals surface area contributed by atoms with Crippen LogP contribution in [0.15, 0.2) is 18.2 Å². The Kier molecular flexibility index (Phi) is 4.25. The number of nitrogens with zero attached hydrogens (tertiary/aromatic N) is 1. The average Bonchev–Trinajstić information content (AvgIpc) is 2.27. The van der Waals surface area contributed by atoms with Gasteiger partial charge in [0.05, 0.1) is 6.10 Å². The summed E-state index contributed by atoms with van der Waals surface area (Å²) in [5.41, 5.74) is 3.95. The summed E-state index contributed by atoms with van der Waals surface area (Å²) in [6, 6.07) is 6.62. The van der Waals surface area contributed by atoms with Gasteiger partial charge in [0.15, 0.2) is 0 Å². The topological polar surface area (TPSA) is 35.5 Å². The van der Waals surface area contributed by atoms with Crippen molar-refractivity contribution in [2.24, 2.45) is 5.92 Å². The quantitative estimate of drug-likeness (QED) is 0.835. The van der Waals surface area contributed by atoms with Crippen molar-refractivity contribution in [3.05, 3.63) is 29.3 Å². The summed E-state index contributed by atoms with van der Waals surface area (Å²) >= 11 is 0. The van der Waals surface area contributed by atoms with Crippen molar-refractivity contribution in [2.75, 3.05) is 25.5 Å². The number of benzene rings is 1. The van der Waals surface area contributed by atoms with Crippen molar-refractivity contribution in [3.63, 3.8) is 0 Å². The van der Waals surface area contributed by atoms with E-state index in [2.05, 4.69) is 42.4 Å². The minimum Gasteiger partial charge on any atom is -0.393 e. The molecule has 2 rings (SSSR count). The third kappa shape index (κ3) is 3.03. The minimum atomic E-state index is -0.0572. The van der Waals surface area contributed by atoms with E-state index in [9.17, 15) is 5.11 Å². The number of hydrogen-bond donors (Lipinski definition) is 2. The molecule has 18 heavy (non-hydrogen) atoms. The molecule has 0 spiro atoms. The fraction of sp³-hybridized carbons (Fsp3) is 0.600. The lowest BCUT2D eigenvalue weighted by Crippen LogP contribution is -2.37. The molecule has 3 nitrogen and oxygen atoms in total. The van der Waals surface area contributed by atoms with Crippen LogP contribution in [-0.4, -0.2) is 31.9 Å². The van der Waals surface area contributed by atoms with E-state index in [0.29, 0.717) is 5.92 Å². The third-order valence-electron chi connectivity index (χ3n) is 3.76. The number of nitrogens with one attached hydrogen (secondary N) is 1. The molecule has 3 heteroatoms. The van der Waals surface area contributed by atoms with E-state index in [1.54, 1.807) is 0 Å². The van der Waals surface area contributed by atoms with Crippen LogP contribution in [0.2, 0.25) is 0 Å². The molecule has 1 saturated carbocycles. The molecule has 0 amide bonds. The lowest BCUT2D eigenvalue weighted by atomic mass is 9.82. The second-order valence-electron chi connectivity index (χ2n) is 5.53. The number of hydrogen-bond acceptors (Lipinski definition) is 3. The van der Waals surface area contributed by atoms with Crippen molar-refractivity contribution in [1.82, 2.24) is 5.32 Å². The maximum atomic E-state index is 9.35. The molecule has 2 N–H and O–H groups in total. The van der Waals surface area contributed by atoms with Crippen molar-refractivity contribution < 1.29 is 5.11 Å². The molecule has 1 fully saturated rings. The maximum absolute atomic E-state index is 9.35. The Hall–Kier alpha value is -1.06. The molecule has 0 radical (unpaired) electrons. The van der Waals surface area contributed by atoms with Crippen LogP contribution in [0.5, 0.6) is 0 Å². The summed E-state index contributed by atoms with van der Waals surface area (Å²) in [7, 11) is 4.13. The van der Waals surface area contributed by atoms with Gasteiger partial charge in [-0.3, -0.25) is 0 Å². The molecule has 1 aromatic rings. The molecule has 0 aliphatic heterocycles. The highest BCUT2D eigenvalue weighted by molar-refractivity contribution is 5.54. The molecule has 0 bridgehead atoms. The van der Waals surface area contributed by atoms with E-state index >= 15 is 0 Å². The Morgan fingerprint density at radius 2 is 2.11 bits per heavy atom. The molecule has 1 aliphatic carbocycles. The SMILES string of the molecule is CNCc1cc(C)ccc1N(C)CC1CC(O)C1. The van der Waals surface area contributed by atoms with Gasteiger partial charge in [-0.05, 0) is 44.4 Å². The molecule has 1 aliphatic rings. The zero-order chi connectivity index (χ0) is 13.1. The van der Waals surface area contributed by atoms with Gasteiger partial charge in [-0.2, -0.15) is 0 Å². The maximum Gasteiger partial charge on any atom is 0.0546 e. The first-order valence-corrected chi connectivity index (χ1v) is 6.73. The summed E-state index contributed by atoms with van der Waals surface area (Å²) in [6.07, 6.45) is 1.85. The van der Waals surface area contributed by atoms with Gasteiger partial charge in [0.1, 0.15) is 0 Å². The van der Waals surface area contributed by atoms with Crippen LogP contribution in [0.1, 0.15) is 24.0 Å². The third-order valence-corrected chi connectivity index (χ3v) is 3.76. The van der Waals surface area contributed by atoms with Crippen LogP contribution < -0.4 is 10.2 Å². The van der Waals surface area contributed by atoms with E-state index in [4.69, 9.17) is 0 Å². The van der Waals surface area contributed by atoms with Crippen LogP contribution in [0, 0.1) is 12.8 Å². The second-order valence-corrected chi connectivity index (χ2v) is 5.53. The average molecular weight is 248 g/mol. The summed E-state index contributed by atoms with van der Waals surface area (Å²) in [5.74, 6) is 0.647. The molecule has 100 valence electrons. The van der Waals surface area contributed by atoms with Crippen LogP contribution in [0.25, 0.3) is 0 Å². The summed E-state index contributed by atoms with van der Waals surface area (Å²) in [4.78, 5) is 2.32. The van der Waals surface area contributed by atoms with Gasteiger partial charge >= 0.3 is 0 Å². The fourth-order valence-electron chi connectivity index (χ4n) is 2.75. The van der Waals surface area contributed by atoms with Gasteiger partial charge in [-0.15, -0.1) is 0 Å². The normalized spacial score (nSPS) is 22.7. The molecule has 0 atom stereocenters. The van der Waals surface area contributed by atoms with Gasteiger partial charge in [0.2, 0.25) is 0 Å². The zero-order valence-corrected chi connectivity index (χ0v) is 11.6. The number of rotatable bonds is 5. The number of aryl methyl sites for hydroxylation is 1. The highest BCUT2D eigenvalue weighted by atomic mass is 16.3. The number of aliphatic hydroxyl groups is 1. The molecular formula is C15H24N2O. The van der Waals surface area contributed by atoms with Gasteiger partial charge in [-0.25, -0.2) is 0 Å². The molecule has 0 unspecified atom stereocenters. The van der Waals surface area contributed by atoms with Crippen LogP contribution in [0.3, 0.4) is 0 Å². The highest BCUT2D eigenvalue weighted by Crippen LogP contribution is 2.30. The van der Waals surface area contributed by atoms with Crippen LogP contribution >= 0.6 is 0 Å². The van der Waals surface area contributed by atoms with E-state index in [1.165, 1.54) is 16.8 Å². The van der Waals surface area contributed by atoms with Gasteiger partial charge < -0.3 is 15.3 Å². The van der Waals surface area contributed by atoms with Crippen molar-refractivity contribution in [1.29, 1.82) is 0 Å². The van der Waals surface area contributed by atoms with Crippen LogP contribution in [-0.2, 0) is 6.54 Å². The van der Waals surface area contributed by atoms with E-state index in [-0.39, 0.29) is 6.10 Å². The summed E-state index contributed by atoms with van der Waals surface area (Å²) in [6.45, 7) is 4.07. The lowest BCUT2D eigenvalue weighted by molar-refractivity contribution is 0.0464. The van der Waals surface area contributed by atoms with Crippen molar-refractivity contribution >= 4 is 5.69 Å². The van der Waals surface area contributed by atoms with Gasteiger partial charge in [-0.1, -0.05) is 17.7 Å². The lowest BCUT2D eigenvalue weighted by Gasteiger charge is -2.35. The Labute approximate surface area is 110 Å². The first kappa shape index (κ1) is 13.4. The van der Waals surface area contributed by atoms with Crippen LogP contribution in [0.4, 0.5) is 5.69 Å². The Bertz CT molecular complexity index is 399. The predicted octanol–water partition coefficient (Wildman–Crippen LogP) is 1.92. The molecule has 1 aromatic carbocycles. The smallest absolute Gasteiger partial charge is 0.0546 e. The molecule has 0 heterocycles. The summed E-state index contributed by atoms with van der Waals surface area (Å²) in [5, 5.41) is 12.6. The van der Waals surface area contributed by atoms with E-state index < -0.39 is 0 Å². The second kappa shape index (κ2) is 5.72. The van der Waals surface area contributed by atoms with Crippen molar-refractivity contribution in [2.45, 2.75) is 32.4 Å².